The van der Waals surface area contributed by atoms with Crippen LogP contribution in [0.25, 0.3) is 11.0 Å². The second kappa shape index (κ2) is 10.4. The van der Waals surface area contributed by atoms with Crippen LogP contribution in [-0.4, -0.2) is 61.1 Å². The molecule has 0 atom stereocenters. The second-order valence-corrected chi connectivity index (χ2v) is 8.89. The number of rotatable bonds is 11. The molecular formula is C22H24N6O6S. The quantitative estimate of drug-likeness (QED) is 0.225. The zero-order valence-electron chi connectivity index (χ0n) is 19.0. The number of para-hydroxylation sites is 2. The van der Waals surface area contributed by atoms with Crippen molar-refractivity contribution in [2.75, 3.05) is 37.5 Å². The van der Waals surface area contributed by atoms with Gasteiger partial charge in [-0.1, -0.05) is 12.1 Å². The topological polar surface area (TPSA) is 161 Å². The number of aromatic amines is 1. The lowest BCUT2D eigenvalue weighted by atomic mass is 10.2. The molecule has 12 nitrogen and oxygen atoms in total. The summed E-state index contributed by atoms with van der Waals surface area (Å²) in [6, 6.07) is 10.4. The van der Waals surface area contributed by atoms with Gasteiger partial charge in [0.1, 0.15) is 10.6 Å². The Balaban J connectivity index is 1.81. The van der Waals surface area contributed by atoms with Gasteiger partial charge in [0.05, 0.1) is 43.7 Å². The molecule has 0 aliphatic rings. The highest BCUT2D eigenvalue weighted by Crippen LogP contribution is 2.41. The number of hydrogen-bond acceptors (Lipinski definition) is 10. The molecule has 2 heterocycles. The third kappa shape index (κ3) is 5.36. The van der Waals surface area contributed by atoms with Gasteiger partial charge in [-0.3, -0.25) is 9.82 Å². The van der Waals surface area contributed by atoms with E-state index in [0.717, 1.165) is 0 Å². The molecule has 0 spiro atoms. The van der Waals surface area contributed by atoms with E-state index in [1.807, 2.05) is 0 Å². The zero-order chi connectivity index (χ0) is 24.8. The zero-order valence-corrected chi connectivity index (χ0v) is 19.8. The lowest BCUT2D eigenvalue weighted by Gasteiger charge is -2.19. The molecule has 0 saturated heterocycles. The average Bonchev–Trinajstić information content (AvgIpc) is 3.41. The fourth-order valence-corrected chi connectivity index (χ4v) is 4.10. The van der Waals surface area contributed by atoms with Crippen LogP contribution in [0.4, 0.5) is 17.3 Å². The highest BCUT2D eigenvalue weighted by atomic mass is 32.2. The Labute approximate surface area is 201 Å². The van der Waals surface area contributed by atoms with Crippen molar-refractivity contribution in [3.63, 3.8) is 0 Å². The van der Waals surface area contributed by atoms with E-state index in [2.05, 4.69) is 30.2 Å². The average molecular weight is 501 g/mol. The number of methoxy groups -OCH3 is 2. The summed E-state index contributed by atoms with van der Waals surface area (Å²) in [5.41, 5.74) is 1.43. The molecule has 4 aromatic rings. The summed E-state index contributed by atoms with van der Waals surface area (Å²) < 4.78 is 44.9. The van der Waals surface area contributed by atoms with Crippen molar-refractivity contribution >= 4 is 38.4 Å². The van der Waals surface area contributed by atoms with Gasteiger partial charge in [0.2, 0.25) is 0 Å². The van der Waals surface area contributed by atoms with Gasteiger partial charge in [0.15, 0.2) is 23.1 Å². The minimum atomic E-state index is -4.00. The van der Waals surface area contributed by atoms with E-state index in [9.17, 15) is 8.42 Å². The van der Waals surface area contributed by atoms with E-state index in [1.165, 1.54) is 26.6 Å². The Morgan fingerprint density at radius 2 is 1.80 bits per heavy atom. The molecule has 0 fully saturated rings. The number of aliphatic hydroxyl groups excluding tert-OH is 1. The smallest absolute Gasteiger partial charge is 0.266 e. The molecule has 0 saturated carbocycles. The second-order valence-electron chi connectivity index (χ2n) is 7.21. The van der Waals surface area contributed by atoms with Crippen LogP contribution in [0.5, 0.6) is 17.2 Å². The summed E-state index contributed by atoms with van der Waals surface area (Å²) in [6.07, 6.45) is 2.84. The molecule has 35 heavy (non-hydrogen) atoms. The van der Waals surface area contributed by atoms with Crippen LogP contribution in [0.3, 0.4) is 0 Å². The minimum absolute atomic E-state index is 0.0343. The van der Waals surface area contributed by atoms with E-state index in [1.54, 1.807) is 36.4 Å². The van der Waals surface area contributed by atoms with Crippen molar-refractivity contribution in [3.05, 3.63) is 48.8 Å². The maximum absolute atomic E-state index is 12.9. The first kappa shape index (κ1) is 24.0. The Morgan fingerprint density at radius 3 is 2.43 bits per heavy atom. The summed E-state index contributed by atoms with van der Waals surface area (Å²) >= 11 is 0. The predicted octanol–water partition coefficient (Wildman–Crippen LogP) is 2.68. The molecule has 0 aliphatic carbocycles. The first-order chi connectivity index (χ1) is 16.9. The normalized spacial score (nSPS) is 11.3. The van der Waals surface area contributed by atoms with Gasteiger partial charge in [-0.15, -0.1) is 0 Å². The van der Waals surface area contributed by atoms with Crippen molar-refractivity contribution in [1.29, 1.82) is 0 Å². The summed E-state index contributed by atoms with van der Waals surface area (Å²) in [7, 11) is -1.01. The number of ether oxygens (including phenoxy) is 3. The molecule has 184 valence electrons. The summed E-state index contributed by atoms with van der Waals surface area (Å²) in [6.45, 7) is 0.175. The fraction of sp³-hybridized carbons (Fsp3) is 0.227. The van der Waals surface area contributed by atoms with Gasteiger partial charge in [-0.25, -0.2) is 18.4 Å². The molecule has 0 aliphatic heterocycles. The molecule has 4 rings (SSSR count). The van der Waals surface area contributed by atoms with Crippen LogP contribution < -0.4 is 24.2 Å². The monoisotopic (exact) mass is 500 g/mol. The van der Waals surface area contributed by atoms with Gasteiger partial charge in [-0.2, -0.15) is 5.10 Å². The third-order valence-corrected chi connectivity index (χ3v) is 6.18. The Bertz CT molecular complexity index is 1410. The maximum atomic E-state index is 12.9. The van der Waals surface area contributed by atoms with Gasteiger partial charge in [-0.05, 0) is 12.1 Å². The van der Waals surface area contributed by atoms with Crippen molar-refractivity contribution in [1.82, 2.24) is 20.2 Å². The largest absolute Gasteiger partial charge is 0.497 e. The van der Waals surface area contributed by atoms with E-state index in [-0.39, 0.29) is 29.7 Å². The lowest BCUT2D eigenvalue weighted by Crippen LogP contribution is -2.15. The summed E-state index contributed by atoms with van der Waals surface area (Å²) in [5.74, 6) is 1.26. The summed E-state index contributed by atoms with van der Waals surface area (Å²) in [5, 5.41) is 18.4. The van der Waals surface area contributed by atoms with E-state index < -0.39 is 10.0 Å². The summed E-state index contributed by atoms with van der Waals surface area (Å²) in [4.78, 5) is 9.00. The van der Waals surface area contributed by atoms with Crippen LogP contribution in [0.15, 0.2) is 53.7 Å². The maximum Gasteiger partial charge on any atom is 0.266 e. The van der Waals surface area contributed by atoms with Gasteiger partial charge in [0.25, 0.3) is 10.0 Å². The predicted molar refractivity (Wildman–Crippen MR) is 129 cm³/mol. The van der Waals surface area contributed by atoms with E-state index in [0.29, 0.717) is 40.4 Å². The fourth-order valence-electron chi connectivity index (χ4n) is 3.19. The first-order valence-corrected chi connectivity index (χ1v) is 12.0. The third-order valence-electron chi connectivity index (χ3n) is 4.87. The van der Waals surface area contributed by atoms with Crippen molar-refractivity contribution in [3.8, 4) is 17.2 Å². The van der Waals surface area contributed by atoms with Crippen LogP contribution in [0, 0.1) is 0 Å². The number of aromatic nitrogens is 4. The first-order valence-electron chi connectivity index (χ1n) is 10.5. The SMILES string of the molecule is COc1cc(Nc2nc3ccccc3nc2NS(=O)(=O)c2cn[nH]c2)c(OCCCO)c(OC)c1. The molecule has 0 amide bonds. The molecule has 13 heteroatoms. The molecule has 0 unspecified atom stereocenters. The minimum Gasteiger partial charge on any atom is -0.497 e. The molecule has 2 aromatic carbocycles. The van der Waals surface area contributed by atoms with Gasteiger partial charge in [0, 0.05) is 31.4 Å². The van der Waals surface area contributed by atoms with Crippen LogP contribution in [-0.2, 0) is 10.0 Å². The number of fused-ring (bicyclic) bond motifs is 1. The number of benzene rings is 2. The Kier molecular flexibility index (Phi) is 7.17. The van der Waals surface area contributed by atoms with Gasteiger partial charge < -0.3 is 24.6 Å². The van der Waals surface area contributed by atoms with Crippen LogP contribution in [0.1, 0.15) is 6.42 Å². The standard InChI is InChI=1S/C22H24N6O6S/c1-32-14-10-18(20(19(11-14)33-2)34-9-5-8-29)27-21-22(26-17-7-4-3-6-16(17)25-21)28-35(30,31)15-12-23-24-13-15/h3-4,6-7,10-13,29H,5,8-9H2,1-2H3,(H,23,24)(H,25,27)(H,26,28). The van der Waals surface area contributed by atoms with Gasteiger partial charge >= 0.3 is 0 Å². The van der Waals surface area contributed by atoms with E-state index >= 15 is 0 Å². The Hall–Kier alpha value is -4.10. The Morgan fingerprint density at radius 1 is 1.06 bits per heavy atom. The highest BCUT2D eigenvalue weighted by molar-refractivity contribution is 7.92. The molecule has 2 aromatic heterocycles. The molecular weight excluding hydrogens is 476 g/mol. The molecule has 4 N–H and O–H groups in total. The number of nitrogens with zero attached hydrogens (tertiary/aromatic N) is 3. The highest BCUT2D eigenvalue weighted by Gasteiger charge is 2.22. The van der Waals surface area contributed by atoms with E-state index in [4.69, 9.17) is 19.3 Å². The number of H-pyrrole nitrogens is 1. The van der Waals surface area contributed by atoms with Crippen molar-refractivity contribution in [2.24, 2.45) is 0 Å². The number of sulfonamides is 1. The number of anilines is 3. The van der Waals surface area contributed by atoms with Crippen molar-refractivity contribution in [2.45, 2.75) is 11.3 Å². The molecule has 0 radical (unpaired) electrons. The molecule has 0 bridgehead atoms. The van der Waals surface area contributed by atoms with Crippen LogP contribution in [0.2, 0.25) is 0 Å². The number of aliphatic hydroxyl groups is 1. The number of hydrogen-bond donors (Lipinski definition) is 4. The van der Waals surface area contributed by atoms with Crippen molar-refractivity contribution < 1.29 is 27.7 Å². The lowest BCUT2D eigenvalue weighted by molar-refractivity contribution is 0.228. The van der Waals surface area contributed by atoms with Crippen LogP contribution >= 0.6 is 0 Å². The number of nitrogens with one attached hydrogen (secondary N) is 3.